The lowest BCUT2D eigenvalue weighted by Crippen LogP contribution is -2.17. The summed E-state index contributed by atoms with van der Waals surface area (Å²) in [6.07, 6.45) is 0. The predicted octanol–water partition coefficient (Wildman–Crippen LogP) is -0.636. The lowest BCUT2D eigenvalue weighted by molar-refractivity contribution is -0.0267. The first-order valence-corrected chi connectivity index (χ1v) is 12.4. The van der Waals surface area contributed by atoms with Gasteiger partial charge < -0.3 is 57.8 Å². The van der Waals surface area contributed by atoms with E-state index < -0.39 is 0 Å². The number of rotatable bonds is 32. The average Bonchev–Trinajstić information content (AvgIpc) is 2.87. The Morgan fingerprint density at radius 2 is 0.543 bits per heavy atom. The Balaban J connectivity index is 3.00. The van der Waals surface area contributed by atoms with Crippen molar-refractivity contribution in [1.29, 1.82) is 0 Å². The van der Waals surface area contributed by atoms with E-state index in [4.69, 9.17) is 52.5 Å². The van der Waals surface area contributed by atoms with Crippen LogP contribution in [-0.2, 0) is 47.4 Å². The van der Waals surface area contributed by atoms with Crippen LogP contribution in [0.25, 0.3) is 0 Å². The third kappa shape index (κ3) is 33.5. The molecule has 2 N–H and O–H groups in total. The summed E-state index contributed by atoms with van der Waals surface area (Å²) in [7, 11) is 1.89. The van der Waals surface area contributed by atoms with Gasteiger partial charge in [0.05, 0.1) is 139 Å². The molecule has 35 heavy (non-hydrogen) atoms. The summed E-state index contributed by atoms with van der Waals surface area (Å²) >= 11 is 0. The topological polar surface area (TPSA) is 125 Å². The molecule has 0 aliphatic carbocycles. The first kappa shape index (κ1) is 34.5. The summed E-state index contributed by atoms with van der Waals surface area (Å²) in [5.74, 6) is 0. The average molecular weight is 516 g/mol. The Labute approximate surface area is 210 Å². The molecule has 0 rings (SSSR count). The zero-order valence-electron chi connectivity index (χ0n) is 21.6. The Hall–Kier alpha value is -0.480. The smallest absolute Gasteiger partial charge is 0.0701 e. The first-order chi connectivity index (χ1) is 17.4. The molecule has 0 aromatic heterocycles. The van der Waals surface area contributed by atoms with Crippen LogP contribution in [0.1, 0.15) is 0 Å². The van der Waals surface area contributed by atoms with Crippen LogP contribution in [0.5, 0.6) is 0 Å². The number of aliphatic hydroxyl groups is 1. The summed E-state index contributed by atoms with van der Waals surface area (Å²) in [4.78, 5) is 0. The highest BCUT2D eigenvalue weighted by Crippen LogP contribution is 1.86. The molecule has 12 nitrogen and oxygen atoms in total. The molecule has 0 radical (unpaired) electrons. The molecule has 0 atom stereocenters. The lowest BCUT2D eigenvalue weighted by atomic mass is 10.6. The van der Waals surface area contributed by atoms with Crippen LogP contribution in [0, 0.1) is 0 Å². The zero-order chi connectivity index (χ0) is 25.3. The molecule has 0 saturated heterocycles. The third-order valence-corrected chi connectivity index (χ3v) is 4.08. The second kappa shape index (κ2) is 33.5. The van der Waals surface area contributed by atoms with Crippen LogP contribution in [0.4, 0.5) is 0 Å². The Morgan fingerprint density at radius 1 is 0.343 bits per heavy atom. The number of hydrogen-bond acceptors (Lipinski definition) is 12. The highest BCUT2D eigenvalue weighted by molar-refractivity contribution is 4.39. The van der Waals surface area contributed by atoms with Gasteiger partial charge in [0.2, 0.25) is 0 Å². The van der Waals surface area contributed by atoms with Gasteiger partial charge in [-0.15, -0.1) is 0 Å². The highest BCUT2D eigenvalue weighted by Gasteiger charge is 1.95. The first-order valence-electron chi connectivity index (χ1n) is 12.4. The molecular formula is C23H49NO11. The van der Waals surface area contributed by atoms with Gasteiger partial charge in [-0.2, -0.15) is 0 Å². The van der Waals surface area contributed by atoms with E-state index in [0.717, 1.165) is 6.54 Å². The fourth-order valence-electron chi connectivity index (χ4n) is 2.32. The van der Waals surface area contributed by atoms with E-state index in [9.17, 15) is 0 Å². The third-order valence-electron chi connectivity index (χ3n) is 4.08. The maximum atomic E-state index is 8.55. The Bertz CT molecular complexity index is 338. The monoisotopic (exact) mass is 515 g/mol. The molecule has 0 fully saturated rings. The molecule has 0 aromatic carbocycles. The number of likely N-dealkylation sites (N-methyl/N-ethyl adjacent to an activating group) is 1. The van der Waals surface area contributed by atoms with E-state index in [1.165, 1.54) is 0 Å². The van der Waals surface area contributed by atoms with Crippen molar-refractivity contribution in [1.82, 2.24) is 5.32 Å². The lowest BCUT2D eigenvalue weighted by Gasteiger charge is -2.09. The molecule has 0 bridgehead atoms. The fourth-order valence-corrected chi connectivity index (χ4v) is 2.32. The predicted molar refractivity (Wildman–Crippen MR) is 129 cm³/mol. The summed E-state index contributed by atoms with van der Waals surface area (Å²) < 4.78 is 53.7. The number of nitrogens with one attached hydrogen (secondary N) is 1. The van der Waals surface area contributed by atoms with Gasteiger partial charge in [0.15, 0.2) is 0 Å². The van der Waals surface area contributed by atoms with Gasteiger partial charge in [-0.3, -0.25) is 0 Å². The van der Waals surface area contributed by atoms with E-state index in [-0.39, 0.29) is 6.61 Å². The minimum atomic E-state index is 0.0293. The van der Waals surface area contributed by atoms with Gasteiger partial charge in [0, 0.05) is 6.54 Å². The van der Waals surface area contributed by atoms with Crippen molar-refractivity contribution in [3.8, 4) is 0 Å². The van der Waals surface area contributed by atoms with Crippen molar-refractivity contribution < 1.29 is 52.5 Å². The van der Waals surface area contributed by atoms with Crippen molar-refractivity contribution >= 4 is 0 Å². The van der Waals surface area contributed by atoms with Gasteiger partial charge in [-0.25, -0.2) is 0 Å². The van der Waals surface area contributed by atoms with E-state index in [0.29, 0.717) is 132 Å². The summed E-state index contributed by atoms with van der Waals surface area (Å²) in [5, 5.41) is 11.6. The highest BCUT2D eigenvalue weighted by atomic mass is 16.6. The molecule has 212 valence electrons. The number of hydrogen-bond donors (Lipinski definition) is 2. The van der Waals surface area contributed by atoms with E-state index >= 15 is 0 Å². The SMILES string of the molecule is CNCCOCCOCCOCCOCCOCCOCCOCCOCCOCCOCCO. The largest absolute Gasteiger partial charge is 0.394 e. The van der Waals surface area contributed by atoms with Gasteiger partial charge in [0.1, 0.15) is 0 Å². The van der Waals surface area contributed by atoms with Crippen molar-refractivity contribution in [3.05, 3.63) is 0 Å². The van der Waals surface area contributed by atoms with Gasteiger partial charge in [-0.1, -0.05) is 0 Å². The van der Waals surface area contributed by atoms with Crippen molar-refractivity contribution in [2.45, 2.75) is 0 Å². The fraction of sp³-hybridized carbons (Fsp3) is 1.00. The standard InChI is InChI=1S/C23H49NO11/c1-24-2-4-26-6-8-28-10-12-30-14-16-32-18-20-34-22-23-35-21-19-33-17-15-31-13-11-29-9-7-27-5-3-25/h24-25H,2-23H2,1H3. The van der Waals surface area contributed by atoms with Crippen molar-refractivity contribution in [3.63, 3.8) is 0 Å². The van der Waals surface area contributed by atoms with Crippen LogP contribution < -0.4 is 5.32 Å². The Kier molecular flexibility index (Phi) is 33.1. The molecule has 0 aromatic rings. The van der Waals surface area contributed by atoms with E-state index in [1.54, 1.807) is 0 Å². The number of ether oxygens (including phenoxy) is 10. The minimum Gasteiger partial charge on any atom is -0.394 e. The molecule has 0 amide bonds. The number of aliphatic hydroxyl groups excluding tert-OH is 1. The molecule has 12 heteroatoms. The van der Waals surface area contributed by atoms with Gasteiger partial charge in [0.25, 0.3) is 0 Å². The van der Waals surface area contributed by atoms with Crippen molar-refractivity contribution in [2.75, 3.05) is 152 Å². The van der Waals surface area contributed by atoms with Crippen LogP contribution in [0.2, 0.25) is 0 Å². The van der Waals surface area contributed by atoms with Crippen molar-refractivity contribution in [2.24, 2.45) is 0 Å². The molecular weight excluding hydrogens is 466 g/mol. The molecule has 0 aliphatic rings. The van der Waals surface area contributed by atoms with Crippen LogP contribution in [0.3, 0.4) is 0 Å². The maximum absolute atomic E-state index is 8.55. The van der Waals surface area contributed by atoms with Crippen LogP contribution in [0.15, 0.2) is 0 Å². The van der Waals surface area contributed by atoms with Gasteiger partial charge in [-0.05, 0) is 7.05 Å². The maximum Gasteiger partial charge on any atom is 0.0701 e. The molecule has 0 saturated carbocycles. The quantitative estimate of drug-likeness (QED) is 0.111. The summed E-state index contributed by atoms with van der Waals surface area (Å²) in [5.41, 5.74) is 0. The second-order valence-corrected chi connectivity index (χ2v) is 6.95. The molecule has 0 unspecified atom stereocenters. The van der Waals surface area contributed by atoms with Crippen LogP contribution >= 0.6 is 0 Å². The molecule has 0 aliphatic heterocycles. The summed E-state index contributed by atoms with van der Waals surface area (Å²) in [6.45, 7) is 11.4. The summed E-state index contributed by atoms with van der Waals surface area (Å²) in [6, 6.07) is 0. The van der Waals surface area contributed by atoms with E-state index in [1.807, 2.05) is 7.05 Å². The van der Waals surface area contributed by atoms with E-state index in [2.05, 4.69) is 5.32 Å². The van der Waals surface area contributed by atoms with Crippen LogP contribution in [-0.4, -0.2) is 157 Å². The molecule has 0 spiro atoms. The second-order valence-electron chi connectivity index (χ2n) is 6.95. The normalized spacial score (nSPS) is 11.5. The van der Waals surface area contributed by atoms with Gasteiger partial charge >= 0.3 is 0 Å². The molecule has 0 heterocycles. The zero-order valence-corrected chi connectivity index (χ0v) is 21.6. The minimum absolute atomic E-state index is 0.0293. The Morgan fingerprint density at radius 3 is 0.743 bits per heavy atom.